The van der Waals surface area contributed by atoms with Crippen molar-refractivity contribution in [2.45, 2.75) is 19.1 Å². The molecule has 2 unspecified atom stereocenters. The van der Waals surface area contributed by atoms with Crippen molar-refractivity contribution in [3.63, 3.8) is 0 Å². The summed E-state index contributed by atoms with van der Waals surface area (Å²) >= 11 is 3.34. The molecule has 1 N–H and O–H groups in total. The van der Waals surface area contributed by atoms with Crippen LogP contribution in [0.5, 0.6) is 0 Å². The van der Waals surface area contributed by atoms with Gasteiger partial charge in [-0.1, -0.05) is 22.5 Å². The number of morpholine rings is 1. The molecule has 1 aliphatic rings. The fraction of sp³-hybridized carbons (Fsp3) is 0.778. The average molecular weight is 250 g/mol. The third kappa shape index (κ3) is 3.38. The van der Waals surface area contributed by atoms with E-state index in [0.29, 0.717) is 12.6 Å². The van der Waals surface area contributed by atoms with Gasteiger partial charge in [-0.3, -0.25) is 4.90 Å². The lowest BCUT2D eigenvalue weighted by molar-refractivity contribution is -0.0743. The highest BCUT2D eigenvalue weighted by Crippen LogP contribution is 2.14. The van der Waals surface area contributed by atoms with Crippen molar-refractivity contribution in [3.8, 4) is 0 Å². The smallest absolute Gasteiger partial charge is 0.0933 e. The molecule has 0 radical (unpaired) electrons. The third-order valence-corrected chi connectivity index (χ3v) is 2.46. The Morgan fingerprint density at radius 2 is 2.46 bits per heavy atom. The number of aliphatic hydroxyl groups is 1. The van der Waals surface area contributed by atoms with E-state index in [9.17, 15) is 0 Å². The summed E-state index contributed by atoms with van der Waals surface area (Å²) in [6, 6.07) is 0.400. The quantitative estimate of drug-likeness (QED) is 0.810. The number of nitrogens with zero attached hydrogens (tertiary/aromatic N) is 1. The van der Waals surface area contributed by atoms with Crippen LogP contribution in [0.2, 0.25) is 0 Å². The Kier molecular flexibility index (Phi) is 4.38. The molecule has 0 aromatic rings. The van der Waals surface area contributed by atoms with E-state index in [0.717, 1.165) is 17.6 Å². The normalized spacial score (nSPS) is 30.4. The first-order valence-electron chi connectivity index (χ1n) is 4.43. The van der Waals surface area contributed by atoms with Crippen molar-refractivity contribution in [2.24, 2.45) is 0 Å². The molecule has 0 amide bonds. The van der Waals surface area contributed by atoms with Gasteiger partial charge in [0.2, 0.25) is 0 Å². The van der Waals surface area contributed by atoms with E-state index < -0.39 is 0 Å². The molecule has 0 aliphatic carbocycles. The van der Waals surface area contributed by atoms with Crippen LogP contribution in [0.15, 0.2) is 11.1 Å². The standard InChI is InChI=1S/C9H16BrNO2/c1-7(10)3-11-4-9(5-12)13-6-8(11)2/h8-9,12H,1,3-6H2,2H3. The monoisotopic (exact) mass is 249 g/mol. The predicted octanol–water partition coefficient (Wildman–Crippen LogP) is 0.977. The molecule has 76 valence electrons. The van der Waals surface area contributed by atoms with Crippen molar-refractivity contribution in [1.82, 2.24) is 4.90 Å². The van der Waals surface area contributed by atoms with Gasteiger partial charge in [-0.05, 0) is 6.92 Å². The predicted molar refractivity (Wildman–Crippen MR) is 55.9 cm³/mol. The second-order valence-corrected chi connectivity index (χ2v) is 4.56. The lowest BCUT2D eigenvalue weighted by atomic mass is 10.2. The van der Waals surface area contributed by atoms with Crippen LogP contribution in [0, 0.1) is 0 Å². The van der Waals surface area contributed by atoms with Gasteiger partial charge in [-0.2, -0.15) is 0 Å². The molecule has 1 heterocycles. The lowest BCUT2D eigenvalue weighted by Gasteiger charge is -2.37. The maximum atomic E-state index is 8.94. The molecule has 4 heteroatoms. The molecule has 0 bridgehead atoms. The van der Waals surface area contributed by atoms with Crippen LogP contribution in [-0.4, -0.2) is 48.5 Å². The first kappa shape index (κ1) is 11.2. The number of hydrogen-bond donors (Lipinski definition) is 1. The van der Waals surface area contributed by atoms with Crippen LogP contribution in [0.4, 0.5) is 0 Å². The Labute approximate surface area is 87.5 Å². The zero-order valence-electron chi connectivity index (χ0n) is 7.87. The second kappa shape index (κ2) is 5.10. The molecule has 1 rings (SSSR count). The molecule has 0 aromatic heterocycles. The van der Waals surface area contributed by atoms with Gasteiger partial charge in [0.05, 0.1) is 19.3 Å². The van der Waals surface area contributed by atoms with Crippen LogP contribution in [0.25, 0.3) is 0 Å². The molecule has 1 aliphatic heterocycles. The molecule has 2 atom stereocenters. The Balaban J connectivity index is 2.44. The van der Waals surface area contributed by atoms with E-state index in [2.05, 4.69) is 34.3 Å². The first-order chi connectivity index (χ1) is 6.13. The highest BCUT2D eigenvalue weighted by atomic mass is 79.9. The molecule has 0 saturated carbocycles. The van der Waals surface area contributed by atoms with Gasteiger partial charge in [-0.15, -0.1) is 0 Å². The fourth-order valence-electron chi connectivity index (χ4n) is 1.43. The molecule has 0 spiro atoms. The van der Waals surface area contributed by atoms with Gasteiger partial charge in [0.15, 0.2) is 0 Å². The van der Waals surface area contributed by atoms with E-state index in [1.807, 2.05) is 0 Å². The lowest BCUT2D eigenvalue weighted by Crippen LogP contribution is -2.49. The first-order valence-corrected chi connectivity index (χ1v) is 5.22. The molecule has 0 aromatic carbocycles. The summed E-state index contributed by atoms with van der Waals surface area (Å²) in [6.07, 6.45) is -0.0388. The molecule has 1 fully saturated rings. The number of halogens is 1. The molecule has 1 saturated heterocycles. The number of hydrogen-bond acceptors (Lipinski definition) is 3. The fourth-order valence-corrected chi connectivity index (χ4v) is 1.75. The van der Waals surface area contributed by atoms with Crippen molar-refractivity contribution in [2.75, 3.05) is 26.3 Å². The van der Waals surface area contributed by atoms with Gasteiger partial charge in [0, 0.05) is 23.6 Å². The summed E-state index contributed by atoms with van der Waals surface area (Å²) in [5.41, 5.74) is 0. The highest BCUT2D eigenvalue weighted by Gasteiger charge is 2.25. The maximum Gasteiger partial charge on any atom is 0.0933 e. The highest BCUT2D eigenvalue weighted by molar-refractivity contribution is 9.11. The summed E-state index contributed by atoms with van der Waals surface area (Å²) in [7, 11) is 0. The van der Waals surface area contributed by atoms with Crippen molar-refractivity contribution >= 4 is 15.9 Å². The summed E-state index contributed by atoms with van der Waals surface area (Å²) in [6.45, 7) is 8.30. The minimum absolute atomic E-state index is 0.0388. The van der Waals surface area contributed by atoms with Crippen LogP contribution in [0.3, 0.4) is 0 Å². The van der Waals surface area contributed by atoms with Gasteiger partial charge in [0.1, 0.15) is 0 Å². The van der Waals surface area contributed by atoms with Gasteiger partial charge >= 0.3 is 0 Å². The third-order valence-electron chi connectivity index (χ3n) is 2.21. The van der Waals surface area contributed by atoms with E-state index in [1.54, 1.807) is 0 Å². The number of ether oxygens (including phenoxy) is 1. The minimum atomic E-state index is -0.0388. The average Bonchev–Trinajstić information content (AvgIpc) is 2.08. The molecular weight excluding hydrogens is 234 g/mol. The summed E-state index contributed by atoms with van der Waals surface area (Å²) < 4.78 is 6.38. The van der Waals surface area contributed by atoms with Crippen LogP contribution >= 0.6 is 15.9 Å². The second-order valence-electron chi connectivity index (χ2n) is 3.43. The largest absolute Gasteiger partial charge is 0.394 e. The topological polar surface area (TPSA) is 32.7 Å². The summed E-state index contributed by atoms with van der Waals surface area (Å²) in [4.78, 5) is 2.25. The Bertz CT molecular complexity index is 186. The SMILES string of the molecule is C=C(Br)CN1CC(CO)OCC1C. The Morgan fingerprint density at radius 3 is 3.00 bits per heavy atom. The maximum absolute atomic E-state index is 8.94. The van der Waals surface area contributed by atoms with E-state index >= 15 is 0 Å². The van der Waals surface area contributed by atoms with Crippen LogP contribution in [-0.2, 0) is 4.74 Å². The van der Waals surface area contributed by atoms with E-state index in [1.165, 1.54) is 0 Å². The van der Waals surface area contributed by atoms with Crippen molar-refractivity contribution in [3.05, 3.63) is 11.1 Å². The van der Waals surface area contributed by atoms with Gasteiger partial charge in [0.25, 0.3) is 0 Å². The molecule has 3 nitrogen and oxygen atoms in total. The van der Waals surface area contributed by atoms with Crippen LogP contribution < -0.4 is 0 Å². The van der Waals surface area contributed by atoms with Crippen molar-refractivity contribution < 1.29 is 9.84 Å². The van der Waals surface area contributed by atoms with Gasteiger partial charge in [-0.25, -0.2) is 0 Å². The number of rotatable bonds is 3. The zero-order chi connectivity index (χ0) is 9.84. The Hall–Kier alpha value is 0.1000. The Morgan fingerprint density at radius 1 is 1.77 bits per heavy atom. The van der Waals surface area contributed by atoms with Crippen LogP contribution in [0.1, 0.15) is 6.92 Å². The zero-order valence-corrected chi connectivity index (χ0v) is 9.46. The minimum Gasteiger partial charge on any atom is -0.394 e. The van der Waals surface area contributed by atoms with E-state index in [4.69, 9.17) is 9.84 Å². The van der Waals surface area contributed by atoms with Crippen molar-refractivity contribution in [1.29, 1.82) is 0 Å². The molecule has 13 heavy (non-hydrogen) atoms. The molecular formula is C9H16BrNO2. The van der Waals surface area contributed by atoms with E-state index in [-0.39, 0.29) is 12.7 Å². The summed E-state index contributed by atoms with van der Waals surface area (Å²) in [5, 5.41) is 8.94. The van der Waals surface area contributed by atoms with Gasteiger partial charge < -0.3 is 9.84 Å². The summed E-state index contributed by atoms with van der Waals surface area (Å²) in [5.74, 6) is 0. The number of aliphatic hydroxyl groups excluding tert-OH is 1.